The fourth-order valence-corrected chi connectivity index (χ4v) is 2.34. The average Bonchev–Trinajstić information content (AvgIpc) is 2.69. The SMILES string of the molecule is CCNC(=NCCCNC(=O)OC(C)(C)C)NCCNC(=O)c1cccc(OC)c1. The van der Waals surface area contributed by atoms with Gasteiger partial charge in [-0.25, -0.2) is 4.79 Å². The number of hydrogen-bond acceptors (Lipinski definition) is 5. The van der Waals surface area contributed by atoms with Crippen molar-refractivity contribution in [2.24, 2.45) is 4.99 Å². The molecule has 0 aliphatic rings. The van der Waals surface area contributed by atoms with Gasteiger partial charge in [0.05, 0.1) is 7.11 Å². The van der Waals surface area contributed by atoms with Crippen LogP contribution in [0.15, 0.2) is 29.3 Å². The summed E-state index contributed by atoms with van der Waals surface area (Å²) in [7, 11) is 1.57. The number of carbonyl (C=O) groups excluding carboxylic acids is 2. The molecule has 0 aromatic heterocycles. The second kappa shape index (κ2) is 13.3. The van der Waals surface area contributed by atoms with Gasteiger partial charge in [-0.2, -0.15) is 0 Å². The van der Waals surface area contributed by atoms with Gasteiger partial charge in [-0.15, -0.1) is 0 Å². The molecule has 1 aromatic carbocycles. The number of amides is 2. The molecule has 0 saturated heterocycles. The van der Waals surface area contributed by atoms with Crippen molar-refractivity contribution in [3.8, 4) is 5.75 Å². The lowest BCUT2D eigenvalue weighted by molar-refractivity contribution is 0.0527. The van der Waals surface area contributed by atoms with Crippen molar-refractivity contribution < 1.29 is 19.1 Å². The minimum Gasteiger partial charge on any atom is -0.497 e. The molecule has 168 valence electrons. The van der Waals surface area contributed by atoms with Gasteiger partial charge in [0.25, 0.3) is 5.91 Å². The molecule has 0 unspecified atom stereocenters. The minimum atomic E-state index is -0.508. The van der Waals surface area contributed by atoms with Crippen LogP contribution >= 0.6 is 0 Å². The van der Waals surface area contributed by atoms with E-state index in [-0.39, 0.29) is 5.91 Å². The second-order valence-corrected chi connectivity index (χ2v) is 7.46. The topological polar surface area (TPSA) is 113 Å². The molecule has 4 N–H and O–H groups in total. The molecule has 30 heavy (non-hydrogen) atoms. The predicted molar refractivity (Wildman–Crippen MR) is 118 cm³/mol. The lowest BCUT2D eigenvalue weighted by atomic mass is 10.2. The van der Waals surface area contributed by atoms with Gasteiger partial charge >= 0.3 is 6.09 Å². The van der Waals surface area contributed by atoms with Crippen LogP contribution in [0.2, 0.25) is 0 Å². The van der Waals surface area contributed by atoms with Crippen molar-refractivity contribution in [1.29, 1.82) is 0 Å². The van der Waals surface area contributed by atoms with Crippen molar-refractivity contribution in [2.75, 3.05) is 39.8 Å². The molecule has 1 aromatic rings. The Morgan fingerprint density at radius 3 is 2.43 bits per heavy atom. The molecule has 2 amide bonds. The highest BCUT2D eigenvalue weighted by Crippen LogP contribution is 2.12. The molecular weight excluding hydrogens is 386 g/mol. The van der Waals surface area contributed by atoms with Gasteiger partial charge in [0, 0.05) is 38.3 Å². The number of guanidine groups is 1. The number of aliphatic imine (C=N–C) groups is 1. The van der Waals surface area contributed by atoms with Crippen LogP contribution in [0.1, 0.15) is 44.5 Å². The average molecular weight is 422 g/mol. The Hall–Kier alpha value is -2.97. The van der Waals surface area contributed by atoms with E-state index in [2.05, 4.69) is 26.3 Å². The van der Waals surface area contributed by atoms with E-state index in [0.29, 0.717) is 49.9 Å². The third-order valence-corrected chi connectivity index (χ3v) is 3.65. The summed E-state index contributed by atoms with van der Waals surface area (Å²) in [4.78, 5) is 28.2. The molecule has 0 aliphatic heterocycles. The van der Waals surface area contributed by atoms with Crippen molar-refractivity contribution >= 4 is 18.0 Å². The number of hydrogen-bond donors (Lipinski definition) is 4. The summed E-state index contributed by atoms with van der Waals surface area (Å²) < 4.78 is 10.3. The van der Waals surface area contributed by atoms with Gasteiger partial charge in [-0.1, -0.05) is 6.07 Å². The van der Waals surface area contributed by atoms with Crippen LogP contribution in [0.25, 0.3) is 0 Å². The van der Waals surface area contributed by atoms with Crippen LogP contribution in [0.5, 0.6) is 5.75 Å². The van der Waals surface area contributed by atoms with E-state index in [1.807, 2.05) is 27.7 Å². The largest absolute Gasteiger partial charge is 0.497 e. The number of benzene rings is 1. The minimum absolute atomic E-state index is 0.161. The van der Waals surface area contributed by atoms with E-state index in [4.69, 9.17) is 9.47 Å². The zero-order valence-electron chi connectivity index (χ0n) is 18.6. The van der Waals surface area contributed by atoms with Gasteiger partial charge in [-0.05, 0) is 52.3 Å². The quantitative estimate of drug-likeness (QED) is 0.261. The summed E-state index contributed by atoms with van der Waals surface area (Å²) in [6.45, 7) is 10.2. The van der Waals surface area contributed by atoms with E-state index in [0.717, 1.165) is 6.54 Å². The van der Waals surface area contributed by atoms with Gasteiger partial charge in [0.15, 0.2) is 5.96 Å². The van der Waals surface area contributed by atoms with E-state index in [1.54, 1.807) is 31.4 Å². The summed E-state index contributed by atoms with van der Waals surface area (Å²) >= 11 is 0. The van der Waals surface area contributed by atoms with Crippen molar-refractivity contribution in [2.45, 2.75) is 39.7 Å². The highest BCUT2D eigenvalue weighted by Gasteiger charge is 2.15. The Kier molecular flexibility index (Phi) is 11.1. The fourth-order valence-electron chi connectivity index (χ4n) is 2.34. The zero-order valence-corrected chi connectivity index (χ0v) is 18.6. The number of nitrogens with zero attached hydrogens (tertiary/aromatic N) is 1. The lowest BCUT2D eigenvalue weighted by Gasteiger charge is -2.19. The van der Waals surface area contributed by atoms with Crippen LogP contribution in [-0.4, -0.2) is 63.4 Å². The Balaban J connectivity index is 2.30. The molecule has 0 fully saturated rings. The molecular formula is C21H35N5O4. The summed E-state index contributed by atoms with van der Waals surface area (Å²) in [5.74, 6) is 1.14. The van der Waals surface area contributed by atoms with Crippen LogP contribution in [0.3, 0.4) is 0 Å². The van der Waals surface area contributed by atoms with Gasteiger partial charge < -0.3 is 30.7 Å². The number of rotatable bonds is 10. The highest BCUT2D eigenvalue weighted by atomic mass is 16.6. The van der Waals surface area contributed by atoms with Crippen molar-refractivity contribution in [3.05, 3.63) is 29.8 Å². The second-order valence-electron chi connectivity index (χ2n) is 7.46. The van der Waals surface area contributed by atoms with Crippen LogP contribution < -0.4 is 26.0 Å². The van der Waals surface area contributed by atoms with Crippen LogP contribution in [0.4, 0.5) is 4.79 Å². The van der Waals surface area contributed by atoms with Gasteiger partial charge in [0.2, 0.25) is 0 Å². The standard InChI is InChI=1S/C21H35N5O4/c1-6-22-19(24-11-8-12-26-20(28)30-21(2,3)4)25-14-13-23-18(27)16-9-7-10-17(15-16)29-5/h7,9-10,15H,6,8,11-14H2,1-5H3,(H,23,27)(H,26,28)(H2,22,24,25). The molecule has 0 radical (unpaired) electrons. The molecule has 9 heteroatoms. The zero-order chi connectivity index (χ0) is 22.4. The number of nitrogens with one attached hydrogen (secondary N) is 4. The third kappa shape index (κ3) is 11.1. The van der Waals surface area contributed by atoms with Gasteiger partial charge in [-0.3, -0.25) is 9.79 Å². The maximum atomic E-state index is 12.2. The summed E-state index contributed by atoms with van der Waals surface area (Å²) in [5.41, 5.74) is 0.0410. The number of ether oxygens (including phenoxy) is 2. The fraction of sp³-hybridized carbons (Fsp3) is 0.571. The molecule has 0 heterocycles. The Bertz CT molecular complexity index is 701. The van der Waals surface area contributed by atoms with Crippen LogP contribution in [0, 0.1) is 0 Å². The van der Waals surface area contributed by atoms with E-state index < -0.39 is 11.7 Å². The molecule has 0 bridgehead atoms. The first-order valence-corrected chi connectivity index (χ1v) is 10.2. The smallest absolute Gasteiger partial charge is 0.407 e. The highest BCUT2D eigenvalue weighted by molar-refractivity contribution is 5.94. The summed E-state index contributed by atoms with van der Waals surface area (Å²) in [5, 5.41) is 11.9. The summed E-state index contributed by atoms with van der Waals surface area (Å²) in [6, 6.07) is 7.00. The van der Waals surface area contributed by atoms with E-state index >= 15 is 0 Å². The van der Waals surface area contributed by atoms with Crippen molar-refractivity contribution in [1.82, 2.24) is 21.3 Å². The summed E-state index contributed by atoms with van der Waals surface area (Å²) in [6.07, 6.45) is 0.255. The molecule has 0 aliphatic carbocycles. The Labute approximate surface area is 179 Å². The first-order valence-electron chi connectivity index (χ1n) is 10.2. The predicted octanol–water partition coefficient (Wildman–Crippen LogP) is 1.89. The number of alkyl carbamates (subject to hydrolysis) is 1. The third-order valence-electron chi connectivity index (χ3n) is 3.65. The lowest BCUT2D eigenvalue weighted by Crippen LogP contribution is -2.41. The first-order chi connectivity index (χ1) is 14.2. The Morgan fingerprint density at radius 1 is 1.03 bits per heavy atom. The maximum absolute atomic E-state index is 12.2. The maximum Gasteiger partial charge on any atom is 0.407 e. The normalized spacial score (nSPS) is 11.4. The monoisotopic (exact) mass is 421 g/mol. The van der Waals surface area contributed by atoms with Crippen molar-refractivity contribution in [3.63, 3.8) is 0 Å². The molecule has 9 nitrogen and oxygen atoms in total. The molecule has 1 rings (SSSR count). The van der Waals surface area contributed by atoms with E-state index in [1.165, 1.54) is 0 Å². The van der Waals surface area contributed by atoms with Crippen LogP contribution in [-0.2, 0) is 4.74 Å². The molecule has 0 spiro atoms. The number of carbonyl (C=O) groups is 2. The first kappa shape index (κ1) is 25.1. The molecule has 0 saturated carbocycles. The number of methoxy groups -OCH3 is 1. The van der Waals surface area contributed by atoms with E-state index in [9.17, 15) is 9.59 Å². The Morgan fingerprint density at radius 2 is 1.77 bits per heavy atom. The molecule has 0 atom stereocenters. The van der Waals surface area contributed by atoms with Gasteiger partial charge in [0.1, 0.15) is 11.4 Å².